The number of methoxy groups -OCH3 is 2. The van der Waals surface area contributed by atoms with Crippen molar-refractivity contribution in [1.82, 2.24) is 4.90 Å². The predicted molar refractivity (Wildman–Crippen MR) is 252 cm³/mol. The van der Waals surface area contributed by atoms with Gasteiger partial charge in [-0.1, -0.05) is 126 Å². The average molecular weight is 840 g/mol. The van der Waals surface area contributed by atoms with Crippen molar-refractivity contribution in [3.63, 3.8) is 0 Å². The smallest absolute Gasteiger partial charge is 0.333 e. The monoisotopic (exact) mass is 839 g/mol. The van der Waals surface area contributed by atoms with Crippen LogP contribution < -0.4 is 21.2 Å². The predicted octanol–water partition coefficient (Wildman–Crippen LogP) is 9.71. The Kier molecular flexibility index (Phi) is 17.7. The van der Waals surface area contributed by atoms with E-state index in [2.05, 4.69) is 162 Å². The minimum Gasteiger partial charge on any atom is -0.469 e. The lowest BCUT2D eigenvalue weighted by atomic mass is 10.1. The van der Waals surface area contributed by atoms with Gasteiger partial charge in [-0.15, -0.1) is 0 Å². The number of carbonyl (C=O) groups excluding carboxylic acids is 3. The fourth-order valence-corrected chi connectivity index (χ4v) is 23.4. The number of nitrogens with zero attached hydrogens (tertiary/aromatic N) is 1. The lowest BCUT2D eigenvalue weighted by Crippen LogP contribution is -2.45. The molecule has 2 aliphatic heterocycles. The summed E-state index contributed by atoms with van der Waals surface area (Å²) < 4.78 is 8.83. The van der Waals surface area contributed by atoms with Crippen LogP contribution in [-0.4, -0.2) is 75.3 Å². The number of likely N-dealkylation sites (tertiary alicyclic amines) is 1. The molecule has 0 saturated carbocycles. The van der Waals surface area contributed by atoms with Crippen molar-refractivity contribution in [2.45, 2.75) is 90.3 Å². The van der Waals surface area contributed by atoms with Crippen LogP contribution in [0.4, 0.5) is 0 Å². The van der Waals surface area contributed by atoms with Gasteiger partial charge in [0.15, 0.2) is 5.90 Å². The molecule has 9 heteroatoms. The van der Waals surface area contributed by atoms with Crippen molar-refractivity contribution >= 4 is 61.7 Å². The summed E-state index contributed by atoms with van der Waals surface area (Å²) in [6.07, 6.45) is 5.42. The molecule has 0 aliphatic carbocycles. The highest BCUT2D eigenvalue weighted by molar-refractivity contribution is 8.04. The van der Waals surface area contributed by atoms with Gasteiger partial charge in [-0.2, -0.15) is 0 Å². The maximum Gasteiger partial charge on any atom is 0.333 e. The van der Waals surface area contributed by atoms with E-state index in [0.29, 0.717) is 30.0 Å². The van der Waals surface area contributed by atoms with E-state index in [1.54, 1.807) is 0 Å². The molecular weight excluding hydrogens is 773 g/mol. The van der Waals surface area contributed by atoms with Gasteiger partial charge in [-0.25, -0.2) is 4.79 Å². The highest BCUT2D eigenvalue weighted by Crippen LogP contribution is 2.78. The molecule has 58 heavy (non-hydrogen) atoms. The molecule has 0 spiro atoms. The van der Waals surface area contributed by atoms with E-state index in [1.807, 2.05) is 20.8 Å². The van der Waals surface area contributed by atoms with Gasteiger partial charge in [0.05, 0.1) is 38.9 Å². The summed E-state index contributed by atoms with van der Waals surface area (Å²) in [5.74, 6) is 1.21. The summed E-state index contributed by atoms with van der Waals surface area (Å²) in [5, 5.41) is 5.99. The second-order valence-corrected chi connectivity index (χ2v) is 30.4. The zero-order chi connectivity index (χ0) is 42.3. The number of carbonyl (C=O) groups is 3. The van der Waals surface area contributed by atoms with Crippen molar-refractivity contribution in [2.24, 2.45) is 5.92 Å². The Labute approximate surface area is 351 Å². The molecule has 4 aromatic carbocycles. The first-order chi connectivity index (χ1) is 27.8. The van der Waals surface area contributed by atoms with Crippen LogP contribution in [0.2, 0.25) is 25.7 Å². The standard InChI is InChI=1S/C37H45NOP2Si.C6H12O2.C6H10O2/c1-42(2,3)26-16-25-37(39)38-28-36-27-31(38)29-40(32-17-8-4-9-18-32,33-19-10-5-11-20-33)30-41(36,34-21-12-6-13-22-34)35-23-14-7-15-24-35;2*1-4-5(2)6(7)8-3/h4-15,17-24,31,36H,16,25-30H2,1-3H3;5H,4H2,1-3H3;2,4H2,1,3H3/q+2;;/t31-,36-;5-;/m01./s1. The zero-order valence-electron chi connectivity index (χ0n) is 36.2. The molecule has 0 unspecified atom stereocenters. The molecular formula is C49H67NO5P2Si+2. The first kappa shape index (κ1) is 46.8. The summed E-state index contributed by atoms with van der Waals surface area (Å²) in [7, 11) is -2.25. The molecule has 2 bridgehead atoms. The van der Waals surface area contributed by atoms with E-state index in [0.717, 1.165) is 32.0 Å². The van der Waals surface area contributed by atoms with Gasteiger partial charge in [0.25, 0.3) is 0 Å². The zero-order valence-corrected chi connectivity index (χ0v) is 39.0. The van der Waals surface area contributed by atoms with Crippen LogP contribution in [0.3, 0.4) is 0 Å². The van der Waals surface area contributed by atoms with Crippen LogP contribution in [-0.2, 0) is 23.9 Å². The van der Waals surface area contributed by atoms with Crippen LogP contribution in [0.15, 0.2) is 133 Å². The van der Waals surface area contributed by atoms with E-state index < -0.39 is 22.6 Å². The summed E-state index contributed by atoms with van der Waals surface area (Å²) in [6, 6.07) is 47.2. The minimum absolute atomic E-state index is 0.0556. The number of hydrogen-bond acceptors (Lipinski definition) is 5. The third-order valence-corrected chi connectivity index (χ3v) is 24.9. The van der Waals surface area contributed by atoms with E-state index >= 15 is 0 Å². The summed E-state index contributed by atoms with van der Waals surface area (Å²) in [5.41, 5.74) is 0.995. The van der Waals surface area contributed by atoms with Crippen molar-refractivity contribution in [3.8, 4) is 0 Å². The Balaban J connectivity index is 0.000000393. The van der Waals surface area contributed by atoms with Gasteiger partial charge in [0.1, 0.15) is 41.4 Å². The van der Waals surface area contributed by atoms with Crippen LogP contribution in [0, 0.1) is 5.92 Å². The summed E-state index contributed by atoms with van der Waals surface area (Å²) in [6.45, 7) is 17.3. The van der Waals surface area contributed by atoms with Gasteiger partial charge in [0, 0.05) is 26.5 Å². The molecule has 6 nitrogen and oxygen atoms in total. The van der Waals surface area contributed by atoms with Gasteiger partial charge < -0.3 is 14.4 Å². The molecule has 4 aromatic rings. The first-order valence-corrected chi connectivity index (χ1v) is 28.8. The molecule has 0 N–H and O–H groups in total. The van der Waals surface area contributed by atoms with Gasteiger partial charge in [-0.05, 0) is 67.8 Å². The van der Waals surface area contributed by atoms with Gasteiger partial charge >= 0.3 is 11.9 Å². The third-order valence-electron chi connectivity index (χ3n) is 11.7. The second-order valence-electron chi connectivity index (χ2n) is 16.8. The van der Waals surface area contributed by atoms with Crippen LogP contribution in [0.1, 0.15) is 52.9 Å². The molecule has 0 aromatic heterocycles. The molecule has 1 amide bonds. The molecule has 2 aliphatic rings. The lowest BCUT2D eigenvalue weighted by Gasteiger charge is -2.39. The van der Waals surface area contributed by atoms with E-state index in [4.69, 9.17) is 0 Å². The number of hydrogen-bond donors (Lipinski definition) is 0. The number of amides is 1. The molecule has 310 valence electrons. The fourth-order valence-electron chi connectivity index (χ4n) is 8.25. The molecule has 2 fully saturated rings. The molecule has 2 heterocycles. The van der Waals surface area contributed by atoms with Gasteiger partial charge in [0.2, 0.25) is 5.91 Å². The molecule has 0 radical (unpaired) electrons. The minimum atomic E-state index is -1.93. The third kappa shape index (κ3) is 11.6. The van der Waals surface area contributed by atoms with Gasteiger partial charge in [-0.3, -0.25) is 9.59 Å². The van der Waals surface area contributed by atoms with Crippen molar-refractivity contribution in [3.05, 3.63) is 133 Å². The second kappa shape index (κ2) is 21.9. The summed E-state index contributed by atoms with van der Waals surface area (Å²) >= 11 is 0. The molecule has 2 saturated heterocycles. The maximum atomic E-state index is 14.1. The number of rotatable bonds is 12. The van der Waals surface area contributed by atoms with Crippen LogP contribution in [0.25, 0.3) is 0 Å². The number of esters is 2. The highest BCUT2D eigenvalue weighted by Gasteiger charge is 2.67. The SMILES string of the molecule is C=C(CC)C(=O)OC.CC[C@@H](C)C(=O)OC.C[Si](C)(C)CCCC(=O)N1C[C@@H]2C[C@H]1C[P+](c1ccccc1)(c1ccccc1)C[P+]2(c1ccccc1)c1ccccc1. The van der Waals surface area contributed by atoms with Crippen LogP contribution in [0.5, 0.6) is 0 Å². The van der Waals surface area contributed by atoms with E-state index in [9.17, 15) is 14.4 Å². The lowest BCUT2D eigenvalue weighted by molar-refractivity contribution is -0.145. The molecule has 3 atom stereocenters. The Morgan fingerprint density at radius 2 is 1.22 bits per heavy atom. The van der Waals surface area contributed by atoms with Crippen molar-refractivity contribution in [2.75, 3.05) is 32.8 Å². The maximum absolute atomic E-state index is 14.1. The Bertz CT molecular complexity index is 1810. The largest absolute Gasteiger partial charge is 0.469 e. The molecule has 6 rings (SSSR count). The van der Waals surface area contributed by atoms with Crippen molar-refractivity contribution < 1.29 is 23.9 Å². The number of fused-ring (bicyclic) bond motifs is 2. The Morgan fingerprint density at radius 1 is 0.759 bits per heavy atom. The Morgan fingerprint density at radius 3 is 1.59 bits per heavy atom. The quantitative estimate of drug-likeness (QED) is 0.0615. The van der Waals surface area contributed by atoms with E-state index in [-0.39, 0.29) is 23.9 Å². The summed E-state index contributed by atoms with van der Waals surface area (Å²) in [4.78, 5) is 37.4. The normalized spacial score (nSPS) is 18.2. The van der Waals surface area contributed by atoms with E-state index in [1.165, 1.54) is 47.4 Å². The fraction of sp³-hybridized carbons (Fsp3) is 0.408. The Hall–Kier alpha value is -3.89. The average Bonchev–Trinajstić information content (AvgIpc) is 3.61. The number of ether oxygens (including phenoxy) is 2. The van der Waals surface area contributed by atoms with Crippen molar-refractivity contribution in [1.29, 1.82) is 0 Å². The highest BCUT2D eigenvalue weighted by atomic mass is 31.2. The first-order valence-electron chi connectivity index (χ1n) is 20.9. The topological polar surface area (TPSA) is 72.9 Å². The van der Waals surface area contributed by atoms with Crippen LogP contribution >= 0.6 is 14.5 Å². The number of benzene rings is 4.